The topological polar surface area (TPSA) is 84.2 Å². The van der Waals surface area contributed by atoms with Gasteiger partial charge < -0.3 is 16.4 Å². The molecule has 15 heavy (non-hydrogen) atoms. The van der Waals surface area contributed by atoms with Crippen LogP contribution in [-0.4, -0.2) is 30.4 Å². The summed E-state index contributed by atoms with van der Waals surface area (Å²) in [6, 6.07) is -0.330. The van der Waals surface area contributed by atoms with E-state index in [0.717, 1.165) is 12.8 Å². The van der Waals surface area contributed by atoms with Gasteiger partial charge in [-0.25, -0.2) is 0 Å². The first kappa shape index (κ1) is 12.0. The molecule has 2 atom stereocenters. The summed E-state index contributed by atoms with van der Waals surface area (Å²) < 4.78 is 0. The first-order chi connectivity index (χ1) is 7.17. The highest BCUT2D eigenvalue weighted by Crippen LogP contribution is 2.07. The highest BCUT2D eigenvalue weighted by molar-refractivity contribution is 5.90. The van der Waals surface area contributed by atoms with Crippen molar-refractivity contribution in [1.82, 2.24) is 10.6 Å². The molecule has 0 saturated carbocycles. The maximum Gasteiger partial charge on any atom is 0.242 e. The maximum atomic E-state index is 11.7. The van der Waals surface area contributed by atoms with Crippen molar-refractivity contribution in [3.05, 3.63) is 0 Å². The van der Waals surface area contributed by atoms with Crippen LogP contribution in [0.3, 0.4) is 0 Å². The van der Waals surface area contributed by atoms with Crippen LogP contribution in [0.5, 0.6) is 0 Å². The van der Waals surface area contributed by atoms with E-state index in [1.165, 1.54) is 0 Å². The van der Waals surface area contributed by atoms with Gasteiger partial charge in [0.2, 0.25) is 11.8 Å². The number of amides is 2. The highest BCUT2D eigenvalue weighted by atomic mass is 16.2. The summed E-state index contributed by atoms with van der Waals surface area (Å²) in [5, 5.41) is 5.48. The fourth-order valence-corrected chi connectivity index (χ4v) is 1.71. The number of rotatable bonds is 5. The van der Waals surface area contributed by atoms with Crippen molar-refractivity contribution in [3.63, 3.8) is 0 Å². The SMILES string of the molecule is CCCC(CN)NC(=O)C1CCC(=O)N1. The second kappa shape index (κ2) is 5.70. The standard InChI is InChI=1S/C10H19N3O2/c1-2-3-7(6-11)12-10(15)8-4-5-9(14)13-8/h7-8H,2-6,11H2,1H3,(H,12,15)(H,13,14). The summed E-state index contributed by atoms with van der Waals surface area (Å²) in [6.07, 6.45) is 2.90. The molecule has 0 aromatic rings. The van der Waals surface area contributed by atoms with E-state index >= 15 is 0 Å². The molecule has 2 unspecified atom stereocenters. The molecule has 1 rings (SSSR count). The average molecular weight is 213 g/mol. The van der Waals surface area contributed by atoms with Crippen LogP contribution < -0.4 is 16.4 Å². The Kier molecular flexibility index (Phi) is 4.55. The molecular weight excluding hydrogens is 194 g/mol. The number of carbonyl (C=O) groups is 2. The van der Waals surface area contributed by atoms with E-state index in [9.17, 15) is 9.59 Å². The summed E-state index contributed by atoms with van der Waals surface area (Å²) in [5.74, 6) is -0.153. The third kappa shape index (κ3) is 3.51. The Morgan fingerprint density at radius 2 is 2.47 bits per heavy atom. The van der Waals surface area contributed by atoms with Gasteiger partial charge in [0.15, 0.2) is 0 Å². The van der Waals surface area contributed by atoms with Crippen LogP contribution in [0.15, 0.2) is 0 Å². The Morgan fingerprint density at radius 3 is 2.93 bits per heavy atom. The van der Waals surface area contributed by atoms with Crippen LogP contribution in [0.25, 0.3) is 0 Å². The van der Waals surface area contributed by atoms with Gasteiger partial charge in [-0.15, -0.1) is 0 Å². The van der Waals surface area contributed by atoms with Crippen molar-refractivity contribution in [3.8, 4) is 0 Å². The normalized spacial score (nSPS) is 22.3. The Labute approximate surface area is 89.8 Å². The summed E-state index contributed by atoms with van der Waals surface area (Å²) in [4.78, 5) is 22.6. The van der Waals surface area contributed by atoms with E-state index in [1.54, 1.807) is 0 Å². The molecular formula is C10H19N3O2. The van der Waals surface area contributed by atoms with Crippen molar-refractivity contribution in [1.29, 1.82) is 0 Å². The first-order valence-corrected chi connectivity index (χ1v) is 5.47. The molecule has 1 saturated heterocycles. The van der Waals surface area contributed by atoms with Crippen LogP contribution in [-0.2, 0) is 9.59 Å². The average Bonchev–Trinajstić information content (AvgIpc) is 2.64. The molecule has 0 bridgehead atoms. The molecule has 0 aromatic heterocycles. The van der Waals surface area contributed by atoms with Gasteiger partial charge in [-0.3, -0.25) is 9.59 Å². The molecule has 0 spiro atoms. The fourth-order valence-electron chi connectivity index (χ4n) is 1.71. The number of carbonyl (C=O) groups excluding carboxylic acids is 2. The van der Waals surface area contributed by atoms with E-state index in [-0.39, 0.29) is 23.9 Å². The monoisotopic (exact) mass is 213 g/mol. The quantitative estimate of drug-likeness (QED) is 0.576. The smallest absolute Gasteiger partial charge is 0.242 e. The molecule has 86 valence electrons. The van der Waals surface area contributed by atoms with Crippen LogP contribution in [0, 0.1) is 0 Å². The molecule has 0 aliphatic carbocycles. The summed E-state index contributed by atoms with van der Waals surface area (Å²) >= 11 is 0. The molecule has 1 heterocycles. The lowest BCUT2D eigenvalue weighted by molar-refractivity contribution is -0.126. The molecule has 4 N–H and O–H groups in total. The van der Waals surface area contributed by atoms with Gasteiger partial charge in [0.05, 0.1) is 0 Å². The minimum absolute atomic E-state index is 0.0278. The van der Waals surface area contributed by atoms with E-state index in [1.807, 2.05) is 6.92 Å². The summed E-state index contributed by atoms with van der Waals surface area (Å²) in [7, 11) is 0. The van der Waals surface area contributed by atoms with Gasteiger partial charge in [0, 0.05) is 19.0 Å². The molecule has 5 nitrogen and oxygen atoms in total. The largest absolute Gasteiger partial charge is 0.350 e. The molecule has 0 aromatic carbocycles. The molecule has 0 radical (unpaired) electrons. The minimum Gasteiger partial charge on any atom is -0.350 e. The third-order valence-corrected chi connectivity index (χ3v) is 2.58. The van der Waals surface area contributed by atoms with Gasteiger partial charge in [-0.05, 0) is 12.8 Å². The van der Waals surface area contributed by atoms with Gasteiger partial charge in [0.25, 0.3) is 0 Å². The number of hydrogen-bond donors (Lipinski definition) is 3. The second-order valence-corrected chi connectivity index (χ2v) is 3.89. The first-order valence-electron chi connectivity index (χ1n) is 5.47. The van der Waals surface area contributed by atoms with Crippen molar-refractivity contribution in [2.75, 3.05) is 6.54 Å². The molecule has 1 aliphatic rings. The maximum absolute atomic E-state index is 11.7. The Balaban J connectivity index is 2.36. The van der Waals surface area contributed by atoms with Crippen molar-refractivity contribution < 1.29 is 9.59 Å². The van der Waals surface area contributed by atoms with Gasteiger partial charge in [0.1, 0.15) is 6.04 Å². The van der Waals surface area contributed by atoms with E-state index in [4.69, 9.17) is 5.73 Å². The van der Waals surface area contributed by atoms with Gasteiger partial charge in [-0.2, -0.15) is 0 Å². The molecule has 1 fully saturated rings. The highest BCUT2D eigenvalue weighted by Gasteiger charge is 2.27. The van der Waals surface area contributed by atoms with Gasteiger partial charge in [-0.1, -0.05) is 13.3 Å². The molecule has 5 heteroatoms. The van der Waals surface area contributed by atoms with Crippen LogP contribution >= 0.6 is 0 Å². The van der Waals surface area contributed by atoms with E-state index in [0.29, 0.717) is 19.4 Å². The zero-order chi connectivity index (χ0) is 11.3. The zero-order valence-electron chi connectivity index (χ0n) is 9.08. The predicted octanol–water partition coefficient (Wildman–Crippen LogP) is -0.491. The zero-order valence-corrected chi connectivity index (χ0v) is 9.08. The Morgan fingerprint density at radius 1 is 1.73 bits per heavy atom. The van der Waals surface area contributed by atoms with Crippen LogP contribution in [0.2, 0.25) is 0 Å². The van der Waals surface area contributed by atoms with E-state index < -0.39 is 0 Å². The molecule has 1 aliphatic heterocycles. The summed E-state index contributed by atoms with van der Waals surface area (Å²) in [5.41, 5.74) is 5.53. The van der Waals surface area contributed by atoms with Crippen LogP contribution in [0.1, 0.15) is 32.6 Å². The lowest BCUT2D eigenvalue weighted by Gasteiger charge is -2.18. The number of nitrogens with one attached hydrogen (secondary N) is 2. The minimum atomic E-state index is -0.358. The van der Waals surface area contributed by atoms with Gasteiger partial charge >= 0.3 is 0 Å². The van der Waals surface area contributed by atoms with E-state index in [2.05, 4.69) is 10.6 Å². The summed E-state index contributed by atoms with van der Waals surface area (Å²) in [6.45, 7) is 2.49. The number of nitrogens with two attached hydrogens (primary N) is 1. The fraction of sp³-hybridized carbons (Fsp3) is 0.800. The van der Waals surface area contributed by atoms with Crippen molar-refractivity contribution in [2.45, 2.75) is 44.7 Å². The second-order valence-electron chi connectivity index (χ2n) is 3.89. The lowest BCUT2D eigenvalue weighted by atomic mass is 10.1. The predicted molar refractivity (Wildman–Crippen MR) is 57.1 cm³/mol. The van der Waals surface area contributed by atoms with Crippen molar-refractivity contribution >= 4 is 11.8 Å². The third-order valence-electron chi connectivity index (χ3n) is 2.58. The lowest BCUT2D eigenvalue weighted by Crippen LogP contribution is -2.48. The Hall–Kier alpha value is -1.10. The van der Waals surface area contributed by atoms with Crippen molar-refractivity contribution in [2.24, 2.45) is 5.73 Å². The molecule has 2 amide bonds. The Bertz CT molecular complexity index is 243. The van der Waals surface area contributed by atoms with Crippen LogP contribution in [0.4, 0.5) is 0 Å². The number of hydrogen-bond acceptors (Lipinski definition) is 3.